The van der Waals surface area contributed by atoms with Crippen LogP contribution >= 0.6 is 22.7 Å². The molecule has 0 unspecified atom stereocenters. The van der Waals surface area contributed by atoms with Gasteiger partial charge < -0.3 is 19.3 Å². The molecule has 3 aliphatic heterocycles. The number of nitrogens with zero attached hydrogens (tertiary/aromatic N) is 2. The lowest BCUT2D eigenvalue weighted by Gasteiger charge is -2.45. The number of rotatable bonds is 5. The standard InChI is InChI=1S/C68H51BN2O2S2/c1-41-35-58-65-59(36-41)71(66-49(43-13-6-5-7-14-43)29-32-60-67(66)73-34-12-33-72-60)57-31-24-47(68(2,3)4)40-55(57)69(65)54-37-44(46-22-28-53-51-16-9-11-18-62(51)75-64(53)39-46)23-30-56(54)70(58)48-25-19-42(20-26-48)45-21-27-52-50-15-8-10-17-61(50)74-63(52)38-45/h5-11,13-32,35-40H,12,33-34H2,1-4H3. The average molecular weight is 1000 g/mol. The maximum atomic E-state index is 6.90. The van der Waals surface area contributed by atoms with Crippen LogP contribution in [0.25, 0.3) is 73.7 Å². The first-order valence-corrected chi connectivity index (χ1v) is 27.8. The van der Waals surface area contributed by atoms with Crippen molar-refractivity contribution in [1.29, 1.82) is 0 Å². The van der Waals surface area contributed by atoms with Crippen molar-refractivity contribution in [3.8, 4) is 44.9 Å². The van der Waals surface area contributed by atoms with Gasteiger partial charge in [-0.15, -0.1) is 22.7 Å². The summed E-state index contributed by atoms with van der Waals surface area (Å²) in [7, 11) is 0. The second-order valence-corrected chi connectivity index (χ2v) is 23.7. The van der Waals surface area contributed by atoms with Gasteiger partial charge in [-0.05, 0) is 140 Å². The summed E-state index contributed by atoms with van der Waals surface area (Å²) in [6.45, 7) is 10.3. The fourth-order valence-corrected chi connectivity index (χ4v) is 14.5. The summed E-state index contributed by atoms with van der Waals surface area (Å²) in [5.41, 5.74) is 20.0. The van der Waals surface area contributed by atoms with Crippen LogP contribution in [-0.4, -0.2) is 19.9 Å². The predicted octanol–water partition coefficient (Wildman–Crippen LogP) is 17.3. The number of thiophene rings is 2. The summed E-state index contributed by atoms with van der Waals surface area (Å²) in [5, 5.41) is 5.26. The third kappa shape index (κ3) is 7.09. The summed E-state index contributed by atoms with van der Waals surface area (Å²) in [4.78, 5) is 5.06. The van der Waals surface area contributed by atoms with Crippen LogP contribution < -0.4 is 35.7 Å². The van der Waals surface area contributed by atoms with Gasteiger partial charge in [-0.25, -0.2) is 0 Å². The monoisotopic (exact) mass is 1000 g/mol. The first-order valence-electron chi connectivity index (χ1n) is 26.2. The Bertz CT molecular complexity index is 4300. The summed E-state index contributed by atoms with van der Waals surface area (Å²) < 4.78 is 18.7. The van der Waals surface area contributed by atoms with Crippen LogP contribution in [0.3, 0.4) is 0 Å². The molecule has 0 atom stereocenters. The lowest BCUT2D eigenvalue weighted by molar-refractivity contribution is 0.297. The van der Waals surface area contributed by atoms with Gasteiger partial charge in [0.05, 0.1) is 13.2 Å². The van der Waals surface area contributed by atoms with Crippen molar-refractivity contribution in [3.63, 3.8) is 0 Å². The van der Waals surface area contributed by atoms with Crippen molar-refractivity contribution in [2.75, 3.05) is 23.0 Å². The van der Waals surface area contributed by atoms with Crippen molar-refractivity contribution in [2.45, 2.75) is 39.5 Å². The van der Waals surface area contributed by atoms with E-state index < -0.39 is 0 Å². The molecule has 0 spiro atoms. The quantitative estimate of drug-likeness (QED) is 0.160. The molecule has 360 valence electrons. The van der Waals surface area contributed by atoms with Gasteiger partial charge in [0.15, 0.2) is 11.5 Å². The minimum Gasteiger partial charge on any atom is -0.489 e. The van der Waals surface area contributed by atoms with Crippen molar-refractivity contribution in [2.24, 2.45) is 0 Å². The number of anilines is 6. The fraction of sp³-hybridized carbons (Fsp3) is 0.118. The third-order valence-electron chi connectivity index (χ3n) is 15.8. The van der Waals surface area contributed by atoms with Gasteiger partial charge in [0, 0.05) is 80.8 Å². The van der Waals surface area contributed by atoms with Gasteiger partial charge in [-0.3, -0.25) is 0 Å². The van der Waals surface area contributed by atoms with E-state index in [1.807, 2.05) is 22.7 Å². The van der Waals surface area contributed by atoms with Crippen LogP contribution in [0.2, 0.25) is 0 Å². The highest BCUT2D eigenvalue weighted by Crippen LogP contribution is 2.54. The molecule has 0 aliphatic carbocycles. The first kappa shape index (κ1) is 44.4. The van der Waals surface area contributed by atoms with Crippen LogP contribution in [0.15, 0.2) is 200 Å². The van der Waals surface area contributed by atoms with Gasteiger partial charge in [-0.2, -0.15) is 0 Å². The summed E-state index contributed by atoms with van der Waals surface area (Å²) in [6.07, 6.45) is 0.810. The van der Waals surface area contributed by atoms with Gasteiger partial charge in [0.1, 0.15) is 5.69 Å². The lowest BCUT2D eigenvalue weighted by atomic mass is 9.33. The third-order valence-corrected chi connectivity index (χ3v) is 18.1. The molecule has 2 aromatic heterocycles. The smallest absolute Gasteiger partial charge is 0.252 e. The van der Waals surface area contributed by atoms with Crippen LogP contribution in [0.1, 0.15) is 38.3 Å². The molecule has 0 radical (unpaired) electrons. The van der Waals surface area contributed by atoms with Crippen molar-refractivity contribution < 1.29 is 9.47 Å². The Hall–Kier alpha value is -8.10. The van der Waals surface area contributed by atoms with E-state index in [1.165, 1.54) is 101 Å². The number of ether oxygens (including phenoxy) is 2. The second-order valence-electron chi connectivity index (χ2n) is 21.5. The Labute approximate surface area is 445 Å². The van der Waals surface area contributed by atoms with Crippen LogP contribution in [0.5, 0.6) is 11.5 Å². The van der Waals surface area contributed by atoms with E-state index >= 15 is 0 Å². The molecule has 0 saturated carbocycles. The highest BCUT2D eigenvalue weighted by atomic mass is 32.1. The van der Waals surface area contributed by atoms with E-state index in [0.717, 1.165) is 51.8 Å². The van der Waals surface area contributed by atoms with E-state index in [1.54, 1.807) is 0 Å². The summed E-state index contributed by atoms with van der Waals surface area (Å²) in [5.74, 6) is 1.56. The van der Waals surface area contributed by atoms with Gasteiger partial charge in [0.25, 0.3) is 6.71 Å². The average Bonchev–Trinajstić information content (AvgIpc) is 3.99. The maximum Gasteiger partial charge on any atom is 0.252 e. The molecule has 75 heavy (non-hydrogen) atoms. The Morgan fingerprint density at radius 1 is 0.453 bits per heavy atom. The minimum atomic E-state index is -0.0967. The topological polar surface area (TPSA) is 24.9 Å². The summed E-state index contributed by atoms with van der Waals surface area (Å²) in [6, 6.07) is 75.2. The van der Waals surface area contributed by atoms with E-state index in [-0.39, 0.29) is 12.1 Å². The number of fused-ring (bicyclic) bond motifs is 11. The van der Waals surface area contributed by atoms with Crippen molar-refractivity contribution in [1.82, 2.24) is 0 Å². The molecule has 10 aromatic carbocycles. The molecule has 7 heteroatoms. The van der Waals surface area contributed by atoms with Crippen molar-refractivity contribution in [3.05, 3.63) is 211 Å². The molecule has 0 amide bonds. The maximum absolute atomic E-state index is 6.90. The first-order chi connectivity index (χ1) is 36.7. The Morgan fingerprint density at radius 2 is 1.01 bits per heavy atom. The Morgan fingerprint density at radius 3 is 1.72 bits per heavy atom. The molecule has 5 heterocycles. The highest BCUT2D eigenvalue weighted by Gasteiger charge is 2.45. The van der Waals surface area contributed by atoms with E-state index in [0.29, 0.717) is 13.2 Å². The SMILES string of the molecule is Cc1cc2c3c(c1)N(c1c(-c4ccccc4)ccc4c1OCCCO4)c1ccc(C(C)(C)C)cc1B3c1cc(-c3ccc4c(c3)sc3ccccc34)ccc1N2c1ccc(-c2ccc3c(c2)sc2ccccc23)cc1. The second kappa shape index (κ2) is 17.0. The normalized spacial score (nSPS) is 13.8. The molecule has 0 bridgehead atoms. The number of hydrogen-bond donors (Lipinski definition) is 0. The minimum absolute atomic E-state index is 0.0876. The molecule has 4 nitrogen and oxygen atoms in total. The number of hydrogen-bond acceptors (Lipinski definition) is 6. The zero-order chi connectivity index (χ0) is 50.1. The van der Waals surface area contributed by atoms with E-state index in [4.69, 9.17) is 9.47 Å². The van der Waals surface area contributed by atoms with Gasteiger partial charge >= 0.3 is 0 Å². The molecule has 3 aliphatic rings. The van der Waals surface area contributed by atoms with Crippen LogP contribution in [-0.2, 0) is 5.41 Å². The molecule has 0 saturated heterocycles. The molecule has 0 fully saturated rings. The predicted molar refractivity (Wildman–Crippen MR) is 322 cm³/mol. The number of benzene rings is 10. The zero-order valence-electron chi connectivity index (χ0n) is 42.3. The lowest BCUT2D eigenvalue weighted by Crippen LogP contribution is -2.61. The molecular weight excluding hydrogens is 952 g/mol. The number of aryl methyl sites for hydroxylation is 1. The molecule has 0 N–H and O–H groups in total. The summed E-state index contributed by atoms with van der Waals surface area (Å²) >= 11 is 3.75. The van der Waals surface area contributed by atoms with E-state index in [9.17, 15) is 0 Å². The largest absolute Gasteiger partial charge is 0.489 e. The Balaban J connectivity index is 0.980. The van der Waals surface area contributed by atoms with Gasteiger partial charge in [0.2, 0.25) is 0 Å². The zero-order valence-corrected chi connectivity index (χ0v) is 43.9. The van der Waals surface area contributed by atoms with Crippen LogP contribution in [0.4, 0.5) is 34.1 Å². The van der Waals surface area contributed by atoms with E-state index in [2.05, 4.69) is 238 Å². The Kier molecular flexibility index (Phi) is 10.0. The molecule has 15 rings (SSSR count). The molecular formula is C68H51BN2O2S2. The highest BCUT2D eigenvalue weighted by molar-refractivity contribution is 7.26. The fourth-order valence-electron chi connectivity index (χ4n) is 12.2. The van der Waals surface area contributed by atoms with Gasteiger partial charge in [-0.1, -0.05) is 148 Å². The van der Waals surface area contributed by atoms with Crippen molar-refractivity contribution >= 4 is 120 Å². The van der Waals surface area contributed by atoms with Crippen LogP contribution in [0, 0.1) is 6.92 Å². The molecule has 12 aromatic rings.